The molecular formula is C15H19FN4OS2. The van der Waals surface area contributed by atoms with E-state index in [9.17, 15) is 9.18 Å². The average molecular weight is 354 g/mol. The lowest BCUT2D eigenvalue weighted by Crippen LogP contribution is -2.25. The number of carbonyl (C=O) groups is 1. The summed E-state index contributed by atoms with van der Waals surface area (Å²) < 4.78 is 13.6. The molecule has 2 N–H and O–H groups in total. The summed E-state index contributed by atoms with van der Waals surface area (Å²) in [6, 6.07) is 5.67. The van der Waals surface area contributed by atoms with E-state index in [1.165, 1.54) is 47.4 Å². The van der Waals surface area contributed by atoms with Crippen molar-refractivity contribution in [3.05, 3.63) is 30.1 Å². The summed E-state index contributed by atoms with van der Waals surface area (Å²) in [5.41, 5.74) is 0.476. The molecule has 0 radical (unpaired) electrons. The number of hydrogen-bond donors (Lipinski definition) is 2. The lowest BCUT2D eigenvalue weighted by molar-refractivity contribution is -0.115. The minimum Gasteiger partial charge on any atom is -0.355 e. The topological polar surface area (TPSA) is 66.9 Å². The summed E-state index contributed by atoms with van der Waals surface area (Å²) in [6.45, 7) is 7.92. The second-order valence-corrected chi connectivity index (χ2v) is 8.57. The third-order valence-electron chi connectivity index (χ3n) is 2.65. The molecule has 1 aromatic heterocycles. The number of nitrogens with one attached hydrogen (secondary N) is 2. The van der Waals surface area contributed by atoms with Crippen LogP contribution in [-0.4, -0.2) is 26.9 Å². The van der Waals surface area contributed by atoms with Crippen LogP contribution in [0.4, 0.5) is 15.2 Å². The van der Waals surface area contributed by atoms with Gasteiger partial charge in [0, 0.05) is 11.2 Å². The van der Waals surface area contributed by atoms with E-state index in [1.54, 1.807) is 6.92 Å². The van der Waals surface area contributed by atoms with Crippen molar-refractivity contribution in [3.63, 3.8) is 0 Å². The Balaban J connectivity index is 1.92. The zero-order valence-electron chi connectivity index (χ0n) is 13.4. The number of benzene rings is 1. The Hall–Kier alpha value is -1.67. The Kier molecular flexibility index (Phi) is 5.59. The Bertz CT molecular complexity index is 667. The number of rotatable bonds is 5. The molecule has 2 aromatic rings. The van der Waals surface area contributed by atoms with Gasteiger partial charge in [-0.25, -0.2) is 4.39 Å². The van der Waals surface area contributed by atoms with Gasteiger partial charge in [0.15, 0.2) is 4.34 Å². The lowest BCUT2D eigenvalue weighted by Gasteiger charge is -2.18. The number of amides is 1. The van der Waals surface area contributed by atoms with Crippen molar-refractivity contribution >= 4 is 39.8 Å². The predicted molar refractivity (Wildman–Crippen MR) is 93.6 cm³/mol. The molecule has 0 aliphatic carbocycles. The van der Waals surface area contributed by atoms with Gasteiger partial charge in [0.05, 0.1) is 5.25 Å². The third-order valence-corrected chi connectivity index (χ3v) is 4.67. The van der Waals surface area contributed by atoms with Gasteiger partial charge in [-0.05, 0) is 52.0 Å². The monoisotopic (exact) mass is 354 g/mol. The van der Waals surface area contributed by atoms with Crippen LogP contribution in [0.3, 0.4) is 0 Å². The van der Waals surface area contributed by atoms with Crippen LogP contribution in [0.5, 0.6) is 0 Å². The molecule has 1 atom stereocenters. The minimum atomic E-state index is -0.338. The van der Waals surface area contributed by atoms with Crippen LogP contribution in [-0.2, 0) is 4.79 Å². The lowest BCUT2D eigenvalue weighted by atomic mass is 10.1. The smallest absolute Gasteiger partial charge is 0.237 e. The number of halogens is 1. The van der Waals surface area contributed by atoms with Gasteiger partial charge < -0.3 is 10.6 Å². The molecule has 124 valence electrons. The van der Waals surface area contributed by atoms with Crippen molar-refractivity contribution in [1.29, 1.82) is 0 Å². The second-order valence-electron chi connectivity index (χ2n) is 6.00. The van der Waals surface area contributed by atoms with E-state index in [0.717, 1.165) is 9.47 Å². The summed E-state index contributed by atoms with van der Waals surface area (Å²) in [5, 5.41) is 14.5. The quantitative estimate of drug-likeness (QED) is 0.794. The van der Waals surface area contributed by atoms with E-state index >= 15 is 0 Å². The number of anilines is 2. The van der Waals surface area contributed by atoms with E-state index in [2.05, 4.69) is 20.8 Å². The Morgan fingerprint density at radius 3 is 2.52 bits per heavy atom. The SMILES string of the molecule is CC(Sc1nnc(NC(C)(C)C)s1)C(=O)Nc1ccc(F)cc1. The van der Waals surface area contributed by atoms with Crippen molar-refractivity contribution in [2.45, 2.75) is 42.8 Å². The third kappa shape index (κ3) is 5.80. The molecule has 1 amide bonds. The minimum absolute atomic E-state index is 0.0902. The first-order valence-electron chi connectivity index (χ1n) is 7.08. The molecule has 2 rings (SSSR count). The standard InChI is InChI=1S/C15H19FN4OS2/c1-9(12(21)17-11-7-5-10(16)6-8-11)22-14-20-19-13(23-14)18-15(2,3)4/h5-9H,1-4H3,(H,17,21)(H,18,19). The van der Waals surface area contributed by atoms with E-state index in [-0.39, 0.29) is 22.5 Å². The van der Waals surface area contributed by atoms with Crippen molar-refractivity contribution in [1.82, 2.24) is 10.2 Å². The normalized spacial score (nSPS) is 12.7. The molecule has 1 aromatic carbocycles. The average Bonchev–Trinajstić information content (AvgIpc) is 2.86. The van der Waals surface area contributed by atoms with Gasteiger partial charge in [0.1, 0.15) is 5.82 Å². The van der Waals surface area contributed by atoms with E-state index in [1.807, 2.05) is 20.8 Å². The van der Waals surface area contributed by atoms with E-state index in [0.29, 0.717) is 5.69 Å². The van der Waals surface area contributed by atoms with Gasteiger partial charge in [-0.3, -0.25) is 4.79 Å². The second kappa shape index (κ2) is 7.27. The first kappa shape index (κ1) is 17.7. The first-order valence-corrected chi connectivity index (χ1v) is 8.77. The first-order chi connectivity index (χ1) is 10.7. The largest absolute Gasteiger partial charge is 0.355 e. The zero-order chi connectivity index (χ0) is 17.0. The highest BCUT2D eigenvalue weighted by atomic mass is 32.2. The van der Waals surface area contributed by atoms with Gasteiger partial charge >= 0.3 is 0 Å². The maximum Gasteiger partial charge on any atom is 0.237 e. The Morgan fingerprint density at radius 2 is 1.91 bits per heavy atom. The molecule has 1 unspecified atom stereocenters. The number of thioether (sulfide) groups is 1. The summed E-state index contributed by atoms with van der Waals surface area (Å²) >= 11 is 2.75. The molecule has 0 saturated carbocycles. The molecule has 8 heteroatoms. The molecule has 0 saturated heterocycles. The van der Waals surface area contributed by atoms with Gasteiger partial charge in [-0.2, -0.15) is 0 Å². The van der Waals surface area contributed by atoms with Crippen LogP contribution < -0.4 is 10.6 Å². The number of nitrogens with zero attached hydrogens (tertiary/aromatic N) is 2. The van der Waals surface area contributed by atoms with Crippen molar-refractivity contribution in [2.75, 3.05) is 10.6 Å². The fourth-order valence-electron chi connectivity index (χ4n) is 1.61. The molecule has 0 fully saturated rings. The van der Waals surface area contributed by atoms with Gasteiger partial charge in [0.2, 0.25) is 11.0 Å². The number of hydrogen-bond acceptors (Lipinski definition) is 6. The van der Waals surface area contributed by atoms with Crippen molar-refractivity contribution in [3.8, 4) is 0 Å². The van der Waals surface area contributed by atoms with Crippen LogP contribution >= 0.6 is 23.1 Å². The highest BCUT2D eigenvalue weighted by Gasteiger charge is 2.19. The van der Waals surface area contributed by atoms with E-state index in [4.69, 9.17) is 0 Å². The fraction of sp³-hybridized carbons (Fsp3) is 0.400. The summed E-state index contributed by atoms with van der Waals surface area (Å²) in [4.78, 5) is 12.2. The highest BCUT2D eigenvalue weighted by Crippen LogP contribution is 2.30. The maximum atomic E-state index is 12.9. The molecule has 0 aliphatic rings. The molecule has 0 aliphatic heterocycles. The number of aromatic nitrogens is 2. The number of carbonyl (C=O) groups excluding carboxylic acids is 1. The maximum absolute atomic E-state index is 12.9. The Morgan fingerprint density at radius 1 is 1.26 bits per heavy atom. The molecule has 0 spiro atoms. The van der Waals surface area contributed by atoms with Crippen LogP contribution in [0.2, 0.25) is 0 Å². The molecule has 1 heterocycles. The van der Waals surface area contributed by atoms with Crippen molar-refractivity contribution in [2.24, 2.45) is 0 Å². The molecule has 23 heavy (non-hydrogen) atoms. The summed E-state index contributed by atoms with van der Waals surface area (Å²) in [6.07, 6.45) is 0. The summed E-state index contributed by atoms with van der Waals surface area (Å²) in [5.74, 6) is -0.500. The van der Waals surface area contributed by atoms with Crippen LogP contribution in [0.1, 0.15) is 27.7 Å². The van der Waals surface area contributed by atoms with Crippen LogP contribution in [0, 0.1) is 5.82 Å². The molecule has 0 bridgehead atoms. The zero-order valence-corrected chi connectivity index (χ0v) is 15.0. The van der Waals surface area contributed by atoms with Gasteiger partial charge in [-0.1, -0.05) is 23.1 Å². The summed E-state index contributed by atoms with van der Waals surface area (Å²) in [7, 11) is 0. The fourth-order valence-corrected chi connectivity index (χ4v) is 3.72. The van der Waals surface area contributed by atoms with Gasteiger partial charge in [-0.15, -0.1) is 10.2 Å². The molecular weight excluding hydrogens is 335 g/mol. The Labute approximate surface area is 143 Å². The van der Waals surface area contributed by atoms with Crippen molar-refractivity contribution < 1.29 is 9.18 Å². The highest BCUT2D eigenvalue weighted by molar-refractivity contribution is 8.02. The van der Waals surface area contributed by atoms with Gasteiger partial charge in [0.25, 0.3) is 0 Å². The van der Waals surface area contributed by atoms with Crippen LogP contribution in [0.25, 0.3) is 0 Å². The van der Waals surface area contributed by atoms with Crippen LogP contribution in [0.15, 0.2) is 28.6 Å². The molecule has 5 nitrogen and oxygen atoms in total. The van der Waals surface area contributed by atoms with E-state index < -0.39 is 0 Å². The predicted octanol–water partition coefficient (Wildman–Crippen LogP) is 4.01.